The zero-order valence-corrected chi connectivity index (χ0v) is 23.1. The van der Waals surface area contributed by atoms with Gasteiger partial charge in [-0.1, -0.05) is 18.7 Å². The SMILES string of the molecule is C=Cc1cnc(N)c2c(-c3ccc(C(=O)Nc4cc(C(F)(F)F)ccn4)cc3)nc([C@H]3CN(C(=O)C4CC4)[C@@H](C)CO3)n12. The van der Waals surface area contributed by atoms with E-state index in [4.69, 9.17) is 15.5 Å². The van der Waals surface area contributed by atoms with E-state index >= 15 is 0 Å². The predicted octanol–water partition coefficient (Wildman–Crippen LogP) is 4.99. The fourth-order valence-corrected chi connectivity index (χ4v) is 5.18. The molecule has 2 amide bonds. The third kappa shape index (κ3) is 5.43. The Kier molecular flexibility index (Phi) is 7.12. The molecule has 6 rings (SSSR count). The lowest BCUT2D eigenvalue weighted by Crippen LogP contribution is -2.49. The van der Waals surface area contributed by atoms with Gasteiger partial charge in [0.25, 0.3) is 5.91 Å². The van der Waals surface area contributed by atoms with Gasteiger partial charge in [-0.2, -0.15) is 13.2 Å². The Morgan fingerprint density at radius 2 is 1.91 bits per heavy atom. The van der Waals surface area contributed by atoms with Crippen molar-refractivity contribution in [2.75, 3.05) is 24.2 Å². The van der Waals surface area contributed by atoms with Crippen LogP contribution < -0.4 is 11.1 Å². The summed E-state index contributed by atoms with van der Waals surface area (Å²) in [4.78, 5) is 40.7. The molecule has 0 spiro atoms. The third-order valence-electron chi connectivity index (χ3n) is 7.63. The van der Waals surface area contributed by atoms with Gasteiger partial charge < -0.3 is 20.7 Å². The van der Waals surface area contributed by atoms with Gasteiger partial charge in [0.15, 0.2) is 0 Å². The molecule has 1 aromatic carbocycles. The van der Waals surface area contributed by atoms with E-state index in [0.29, 0.717) is 41.4 Å². The first kappa shape index (κ1) is 28.3. The number of hydrogen-bond acceptors (Lipinski definition) is 7. The first-order valence-corrected chi connectivity index (χ1v) is 13.7. The fourth-order valence-electron chi connectivity index (χ4n) is 5.18. The summed E-state index contributed by atoms with van der Waals surface area (Å²) in [5.74, 6) is 0.0898. The summed E-state index contributed by atoms with van der Waals surface area (Å²) >= 11 is 0. The van der Waals surface area contributed by atoms with Gasteiger partial charge in [-0.25, -0.2) is 15.0 Å². The summed E-state index contributed by atoms with van der Waals surface area (Å²) in [6, 6.07) is 7.91. The molecule has 3 aromatic heterocycles. The van der Waals surface area contributed by atoms with Crippen LogP contribution in [0.4, 0.5) is 24.8 Å². The number of anilines is 2. The number of hydrogen-bond donors (Lipinski definition) is 2. The Bertz CT molecular complexity index is 1730. The van der Waals surface area contributed by atoms with Crippen molar-refractivity contribution >= 4 is 35.0 Å². The van der Waals surface area contributed by atoms with Crippen molar-refractivity contribution < 1.29 is 27.5 Å². The minimum atomic E-state index is -4.57. The highest BCUT2D eigenvalue weighted by atomic mass is 19.4. The van der Waals surface area contributed by atoms with Gasteiger partial charge in [-0.05, 0) is 50.1 Å². The molecular formula is C30H28F3N7O3. The molecule has 0 bridgehead atoms. The van der Waals surface area contributed by atoms with Gasteiger partial charge >= 0.3 is 6.18 Å². The van der Waals surface area contributed by atoms with Crippen LogP contribution in [-0.2, 0) is 15.7 Å². The smallest absolute Gasteiger partial charge is 0.382 e. The molecule has 0 radical (unpaired) electrons. The van der Waals surface area contributed by atoms with Gasteiger partial charge in [0.2, 0.25) is 5.91 Å². The van der Waals surface area contributed by atoms with Crippen LogP contribution in [0, 0.1) is 5.92 Å². The number of nitrogens with two attached hydrogens (primary N) is 1. The summed E-state index contributed by atoms with van der Waals surface area (Å²) in [5.41, 5.74) is 7.87. The predicted molar refractivity (Wildman–Crippen MR) is 153 cm³/mol. The topological polar surface area (TPSA) is 128 Å². The molecule has 2 atom stereocenters. The van der Waals surface area contributed by atoms with E-state index in [1.807, 2.05) is 16.2 Å². The fraction of sp³-hybridized carbons (Fsp3) is 0.300. The number of amides is 2. The second-order valence-electron chi connectivity index (χ2n) is 10.7. The zero-order chi connectivity index (χ0) is 30.5. The molecule has 1 saturated carbocycles. The maximum Gasteiger partial charge on any atom is 0.416 e. The van der Waals surface area contributed by atoms with E-state index in [0.717, 1.165) is 31.2 Å². The number of benzene rings is 1. The maximum absolute atomic E-state index is 13.1. The normalized spacial score (nSPS) is 18.9. The standard InChI is InChI=1S/C30H28F3N7O3/c1-3-21-13-36-26(34)25-24(38-27(40(21)25)22-14-39(16(2)15-43-22)29(42)19-8-9-19)17-4-6-18(7-5-17)28(41)37-23-12-20(10-11-35-23)30(31,32)33/h3-7,10-13,16,19,22H,1,8-9,14-15H2,2H3,(H2,34,36)(H,35,37,41)/t16-,22+/m0/s1. The van der Waals surface area contributed by atoms with E-state index in [1.54, 1.807) is 24.4 Å². The summed E-state index contributed by atoms with van der Waals surface area (Å²) < 4.78 is 47.2. The number of ether oxygens (including phenoxy) is 1. The molecule has 2 fully saturated rings. The minimum absolute atomic E-state index is 0.0644. The second kappa shape index (κ2) is 10.8. The third-order valence-corrected chi connectivity index (χ3v) is 7.63. The maximum atomic E-state index is 13.1. The number of rotatable bonds is 6. The number of imidazole rings is 1. The molecule has 43 heavy (non-hydrogen) atoms. The van der Waals surface area contributed by atoms with Crippen molar-refractivity contribution in [2.24, 2.45) is 5.92 Å². The second-order valence-corrected chi connectivity index (χ2v) is 10.7. The van der Waals surface area contributed by atoms with Crippen LogP contribution in [0.25, 0.3) is 22.9 Å². The molecule has 2 aliphatic rings. The summed E-state index contributed by atoms with van der Waals surface area (Å²) in [6.45, 7) is 6.54. The van der Waals surface area contributed by atoms with E-state index in [9.17, 15) is 22.8 Å². The van der Waals surface area contributed by atoms with Crippen molar-refractivity contribution in [1.82, 2.24) is 24.3 Å². The zero-order valence-electron chi connectivity index (χ0n) is 23.1. The number of morpholine rings is 1. The lowest BCUT2D eigenvalue weighted by atomic mass is 10.1. The number of aromatic nitrogens is 4. The average Bonchev–Trinajstić information content (AvgIpc) is 3.77. The molecule has 1 saturated heterocycles. The highest BCUT2D eigenvalue weighted by molar-refractivity contribution is 6.04. The molecule has 10 nitrogen and oxygen atoms in total. The molecular weight excluding hydrogens is 563 g/mol. The highest BCUT2D eigenvalue weighted by Crippen LogP contribution is 2.37. The largest absolute Gasteiger partial charge is 0.416 e. The van der Waals surface area contributed by atoms with Crippen LogP contribution >= 0.6 is 0 Å². The Morgan fingerprint density at radius 3 is 2.58 bits per heavy atom. The van der Waals surface area contributed by atoms with Crippen molar-refractivity contribution in [1.29, 1.82) is 0 Å². The molecule has 222 valence electrons. The summed E-state index contributed by atoms with van der Waals surface area (Å²) in [5, 5.41) is 2.40. The Hall–Kier alpha value is -4.78. The van der Waals surface area contributed by atoms with Crippen LogP contribution in [0.2, 0.25) is 0 Å². The van der Waals surface area contributed by atoms with Gasteiger partial charge in [0, 0.05) is 23.2 Å². The first-order valence-electron chi connectivity index (χ1n) is 13.7. The number of nitrogens with one attached hydrogen (secondary N) is 1. The first-order chi connectivity index (χ1) is 20.5. The summed E-state index contributed by atoms with van der Waals surface area (Å²) in [7, 11) is 0. The molecule has 4 aromatic rings. The monoisotopic (exact) mass is 591 g/mol. The van der Waals surface area contributed by atoms with Crippen LogP contribution in [0.1, 0.15) is 53.3 Å². The van der Waals surface area contributed by atoms with Crippen LogP contribution in [0.5, 0.6) is 0 Å². The van der Waals surface area contributed by atoms with Crippen molar-refractivity contribution in [3.63, 3.8) is 0 Å². The van der Waals surface area contributed by atoms with Crippen LogP contribution in [0.3, 0.4) is 0 Å². The molecule has 3 N–H and O–H groups in total. The van der Waals surface area contributed by atoms with Gasteiger partial charge in [-0.3, -0.25) is 14.0 Å². The van der Waals surface area contributed by atoms with E-state index in [1.165, 1.54) is 12.1 Å². The van der Waals surface area contributed by atoms with Gasteiger partial charge in [0.05, 0.1) is 36.6 Å². The van der Waals surface area contributed by atoms with Crippen LogP contribution in [0.15, 0.2) is 55.4 Å². The molecule has 4 heterocycles. The van der Waals surface area contributed by atoms with Gasteiger partial charge in [-0.15, -0.1) is 0 Å². The molecule has 0 unspecified atom stereocenters. The Labute approximate surface area is 244 Å². The number of fused-ring (bicyclic) bond motifs is 1. The number of pyridine rings is 1. The van der Waals surface area contributed by atoms with Gasteiger partial charge in [0.1, 0.15) is 34.8 Å². The number of nitrogen functional groups attached to an aromatic ring is 1. The molecule has 1 aliphatic heterocycles. The quantitative estimate of drug-likeness (QED) is 0.324. The van der Waals surface area contributed by atoms with Crippen LogP contribution in [-0.4, -0.2) is 55.3 Å². The summed E-state index contributed by atoms with van der Waals surface area (Å²) in [6.07, 6.45) is 0.890. The Morgan fingerprint density at radius 1 is 1.16 bits per heavy atom. The van der Waals surface area contributed by atoms with Crippen molar-refractivity contribution in [2.45, 2.75) is 38.1 Å². The minimum Gasteiger partial charge on any atom is -0.382 e. The molecule has 13 heteroatoms. The average molecular weight is 592 g/mol. The van der Waals surface area contributed by atoms with Crippen molar-refractivity contribution in [3.8, 4) is 11.3 Å². The lowest BCUT2D eigenvalue weighted by molar-refractivity contribution is -0.146. The van der Waals surface area contributed by atoms with E-state index in [2.05, 4.69) is 21.9 Å². The van der Waals surface area contributed by atoms with E-state index in [-0.39, 0.29) is 35.1 Å². The number of carbonyl (C=O) groups is 2. The molecule has 1 aliphatic carbocycles. The van der Waals surface area contributed by atoms with Crippen molar-refractivity contribution in [3.05, 3.63) is 78.0 Å². The number of carbonyl (C=O) groups excluding carboxylic acids is 2. The van der Waals surface area contributed by atoms with E-state index < -0.39 is 23.8 Å². The number of alkyl halides is 3. The lowest BCUT2D eigenvalue weighted by Gasteiger charge is -2.37. The Balaban J connectivity index is 1.32. The highest BCUT2D eigenvalue weighted by Gasteiger charge is 2.40. The number of nitrogens with zero attached hydrogens (tertiary/aromatic N) is 5. The number of halogens is 3.